The molecule has 0 spiro atoms. The molecule has 0 aliphatic heterocycles. The molecule has 2 rings (SSSR count). The molecule has 23 heavy (non-hydrogen) atoms. The minimum atomic E-state index is 0. The normalized spacial score (nSPS) is 15.7. The zero-order valence-corrected chi connectivity index (χ0v) is 17.0. The van der Waals surface area contributed by atoms with Crippen LogP contribution in [-0.2, 0) is 11.3 Å². The molecule has 0 atom stereocenters. The van der Waals surface area contributed by atoms with E-state index < -0.39 is 0 Å². The van der Waals surface area contributed by atoms with E-state index in [0.717, 1.165) is 19.4 Å². The molecule has 7 heteroatoms. The van der Waals surface area contributed by atoms with E-state index in [1.54, 1.807) is 18.4 Å². The van der Waals surface area contributed by atoms with Crippen molar-refractivity contribution in [1.82, 2.24) is 16.0 Å². The van der Waals surface area contributed by atoms with Gasteiger partial charge in [-0.25, -0.2) is 0 Å². The van der Waals surface area contributed by atoms with Crippen LogP contribution in [0.25, 0.3) is 0 Å². The van der Waals surface area contributed by atoms with Crippen LogP contribution in [-0.4, -0.2) is 31.5 Å². The Labute approximate surface area is 159 Å². The van der Waals surface area contributed by atoms with Crippen molar-refractivity contribution in [2.45, 2.75) is 51.6 Å². The van der Waals surface area contributed by atoms with E-state index in [9.17, 15) is 4.79 Å². The summed E-state index contributed by atoms with van der Waals surface area (Å²) in [7, 11) is 1.72. The lowest BCUT2D eigenvalue weighted by Crippen LogP contribution is -2.45. The molecule has 1 aliphatic rings. The molecule has 0 saturated heterocycles. The zero-order valence-electron chi connectivity index (χ0n) is 13.9. The van der Waals surface area contributed by atoms with E-state index in [4.69, 9.17) is 0 Å². The number of hydrogen-bond acceptors (Lipinski definition) is 3. The van der Waals surface area contributed by atoms with Crippen molar-refractivity contribution in [1.29, 1.82) is 0 Å². The number of rotatable bonds is 5. The number of nitrogens with one attached hydrogen (secondary N) is 3. The van der Waals surface area contributed by atoms with Gasteiger partial charge in [0.1, 0.15) is 0 Å². The van der Waals surface area contributed by atoms with Crippen LogP contribution in [0.15, 0.2) is 16.4 Å². The van der Waals surface area contributed by atoms with Gasteiger partial charge in [0.15, 0.2) is 5.96 Å². The summed E-state index contributed by atoms with van der Waals surface area (Å²) in [4.78, 5) is 17.4. The largest absolute Gasteiger partial charge is 0.352 e. The molecule has 1 aromatic heterocycles. The Bertz CT molecular complexity index is 512. The fourth-order valence-electron chi connectivity index (χ4n) is 2.66. The minimum absolute atomic E-state index is 0. The Morgan fingerprint density at radius 1 is 1.30 bits per heavy atom. The first kappa shape index (κ1) is 20.2. The third-order valence-corrected chi connectivity index (χ3v) is 5.02. The summed E-state index contributed by atoms with van der Waals surface area (Å²) in [6.45, 7) is 3.09. The zero-order chi connectivity index (χ0) is 15.8. The van der Waals surface area contributed by atoms with Crippen LogP contribution in [0.1, 0.15) is 42.5 Å². The first-order valence-corrected chi connectivity index (χ1v) is 8.84. The number of nitrogens with zero attached hydrogens (tertiary/aromatic N) is 1. The van der Waals surface area contributed by atoms with E-state index >= 15 is 0 Å². The third kappa shape index (κ3) is 7.07. The van der Waals surface area contributed by atoms with Crippen molar-refractivity contribution in [3.05, 3.63) is 21.9 Å². The van der Waals surface area contributed by atoms with Crippen molar-refractivity contribution in [3.63, 3.8) is 0 Å². The second-order valence-corrected chi connectivity index (χ2v) is 6.71. The average Bonchev–Trinajstić information content (AvgIpc) is 2.94. The summed E-state index contributed by atoms with van der Waals surface area (Å²) in [6.07, 6.45) is 5.96. The number of amides is 1. The van der Waals surface area contributed by atoms with Crippen LogP contribution in [0.2, 0.25) is 0 Å². The van der Waals surface area contributed by atoms with Crippen LogP contribution in [0, 0.1) is 6.92 Å². The molecule has 130 valence electrons. The standard InChI is InChI=1S/C16H26N4OS.HI/c1-12-8-9-22-14(12)10-18-16(17-2)19-11-15(21)20-13-6-4-3-5-7-13;/h8-9,13H,3-7,10-11H2,1-2H3,(H,20,21)(H2,17,18,19);1H. The molecule has 0 aromatic carbocycles. The highest BCUT2D eigenvalue weighted by atomic mass is 127. The number of aryl methyl sites for hydroxylation is 1. The topological polar surface area (TPSA) is 65.5 Å². The summed E-state index contributed by atoms with van der Waals surface area (Å²) >= 11 is 1.73. The maximum atomic E-state index is 12.0. The van der Waals surface area contributed by atoms with Crippen LogP contribution in [0.5, 0.6) is 0 Å². The van der Waals surface area contributed by atoms with Gasteiger partial charge in [0, 0.05) is 18.0 Å². The molecule has 1 saturated carbocycles. The van der Waals surface area contributed by atoms with Gasteiger partial charge >= 0.3 is 0 Å². The van der Waals surface area contributed by atoms with Gasteiger partial charge in [0.25, 0.3) is 0 Å². The van der Waals surface area contributed by atoms with E-state index in [-0.39, 0.29) is 36.4 Å². The molecule has 1 aromatic rings. The molecule has 1 heterocycles. The van der Waals surface area contributed by atoms with Crippen molar-refractivity contribution in [3.8, 4) is 0 Å². The summed E-state index contributed by atoms with van der Waals surface area (Å²) in [5.41, 5.74) is 1.28. The van der Waals surface area contributed by atoms with Gasteiger partial charge in [0.05, 0.1) is 13.1 Å². The third-order valence-electron chi connectivity index (χ3n) is 3.99. The number of halogens is 1. The molecule has 3 N–H and O–H groups in total. The molecule has 0 bridgehead atoms. The van der Waals surface area contributed by atoms with Crippen LogP contribution >= 0.6 is 35.3 Å². The number of thiophene rings is 1. The number of hydrogen-bond donors (Lipinski definition) is 3. The van der Waals surface area contributed by atoms with Gasteiger partial charge in [0.2, 0.25) is 5.91 Å². The van der Waals surface area contributed by atoms with Crippen molar-refractivity contribution < 1.29 is 4.79 Å². The van der Waals surface area contributed by atoms with Crippen LogP contribution < -0.4 is 16.0 Å². The predicted molar refractivity (Wildman–Crippen MR) is 108 cm³/mol. The van der Waals surface area contributed by atoms with Gasteiger partial charge < -0.3 is 16.0 Å². The lowest BCUT2D eigenvalue weighted by Gasteiger charge is -2.23. The van der Waals surface area contributed by atoms with Crippen molar-refractivity contribution >= 4 is 47.2 Å². The van der Waals surface area contributed by atoms with Crippen LogP contribution in [0.3, 0.4) is 0 Å². The second-order valence-electron chi connectivity index (χ2n) is 5.71. The summed E-state index contributed by atoms with van der Waals surface area (Å²) < 4.78 is 0. The highest BCUT2D eigenvalue weighted by molar-refractivity contribution is 14.0. The van der Waals surface area contributed by atoms with Gasteiger partial charge in [-0.2, -0.15) is 0 Å². The van der Waals surface area contributed by atoms with Crippen LogP contribution in [0.4, 0.5) is 0 Å². The van der Waals surface area contributed by atoms with E-state index in [2.05, 4.69) is 39.3 Å². The van der Waals surface area contributed by atoms with Gasteiger partial charge in [-0.15, -0.1) is 35.3 Å². The SMILES string of the molecule is CN=C(NCC(=O)NC1CCCCC1)NCc1sccc1C.I. The maximum Gasteiger partial charge on any atom is 0.239 e. The smallest absolute Gasteiger partial charge is 0.239 e. The first-order chi connectivity index (χ1) is 10.7. The molecule has 1 fully saturated rings. The van der Waals surface area contributed by atoms with Crippen molar-refractivity contribution in [2.75, 3.05) is 13.6 Å². The molecule has 5 nitrogen and oxygen atoms in total. The van der Waals surface area contributed by atoms with Gasteiger partial charge in [-0.1, -0.05) is 19.3 Å². The Morgan fingerprint density at radius 3 is 2.65 bits per heavy atom. The van der Waals surface area contributed by atoms with E-state index in [0.29, 0.717) is 12.0 Å². The van der Waals surface area contributed by atoms with Gasteiger partial charge in [-0.3, -0.25) is 9.79 Å². The monoisotopic (exact) mass is 450 g/mol. The average molecular weight is 450 g/mol. The number of aliphatic imine (C=N–C) groups is 1. The molecule has 0 radical (unpaired) electrons. The fraction of sp³-hybridized carbons (Fsp3) is 0.625. The number of carbonyl (C=O) groups excluding carboxylic acids is 1. The second kappa shape index (κ2) is 10.9. The highest BCUT2D eigenvalue weighted by Gasteiger charge is 2.15. The Morgan fingerprint density at radius 2 is 2.04 bits per heavy atom. The quantitative estimate of drug-likeness (QED) is 0.367. The fourth-order valence-corrected chi connectivity index (χ4v) is 3.51. The molecular weight excluding hydrogens is 423 g/mol. The number of guanidine groups is 1. The molecular formula is C16H27IN4OS. The van der Waals surface area contributed by atoms with Crippen molar-refractivity contribution in [2.24, 2.45) is 4.99 Å². The minimum Gasteiger partial charge on any atom is -0.352 e. The van der Waals surface area contributed by atoms with E-state index in [1.165, 1.54) is 29.7 Å². The Hall–Kier alpha value is -0.830. The summed E-state index contributed by atoms with van der Waals surface area (Å²) in [5.74, 6) is 0.703. The predicted octanol–water partition coefficient (Wildman–Crippen LogP) is 2.79. The Balaban J connectivity index is 0.00000264. The number of carbonyl (C=O) groups is 1. The maximum absolute atomic E-state index is 12.0. The molecule has 1 amide bonds. The lowest BCUT2D eigenvalue weighted by molar-refractivity contribution is -0.120. The lowest BCUT2D eigenvalue weighted by atomic mass is 9.95. The summed E-state index contributed by atoms with van der Waals surface area (Å²) in [6, 6.07) is 2.46. The Kier molecular flexibility index (Phi) is 9.54. The summed E-state index contributed by atoms with van der Waals surface area (Å²) in [5, 5.41) is 11.5. The molecule has 1 aliphatic carbocycles. The van der Waals surface area contributed by atoms with E-state index in [1.807, 2.05) is 0 Å². The first-order valence-electron chi connectivity index (χ1n) is 7.96. The van der Waals surface area contributed by atoms with Gasteiger partial charge in [-0.05, 0) is 36.8 Å². The highest BCUT2D eigenvalue weighted by Crippen LogP contribution is 2.17. The molecule has 0 unspecified atom stereocenters.